The fraction of sp³-hybridized carbons (Fsp3) is 0.250. The minimum atomic E-state index is -3.80. The molecule has 0 unspecified atom stereocenters. The van der Waals surface area contributed by atoms with E-state index in [9.17, 15) is 18.0 Å². The van der Waals surface area contributed by atoms with Crippen molar-refractivity contribution in [2.24, 2.45) is 0 Å². The van der Waals surface area contributed by atoms with Gasteiger partial charge in [-0.1, -0.05) is 18.2 Å². The van der Waals surface area contributed by atoms with Gasteiger partial charge in [-0.15, -0.1) is 0 Å². The van der Waals surface area contributed by atoms with Crippen molar-refractivity contribution in [1.29, 1.82) is 0 Å². The molecule has 0 radical (unpaired) electrons. The second-order valence-corrected chi connectivity index (χ2v) is 7.06. The Morgan fingerprint density at radius 2 is 1.71 bits per heavy atom. The van der Waals surface area contributed by atoms with Gasteiger partial charge in [0.05, 0.1) is 11.2 Å². The summed E-state index contributed by atoms with van der Waals surface area (Å²) in [5.74, 6) is -1.51. The average molecular weight is 350 g/mol. The summed E-state index contributed by atoms with van der Waals surface area (Å²) in [7, 11) is -3.80. The van der Waals surface area contributed by atoms with Gasteiger partial charge in [-0.25, -0.2) is 8.42 Å². The third-order valence-corrected chi connectivity index (χ3v) is 5.38. The normalized spacial score (nSPS) is 12.4. The van der Waals surface area contributed by atoms with E-state index < -0.39 is 26.9 Å². The van der Waals surface area contributed by atoms with Gasteiger partial charge in [0, 0.05) is 13.1 Å². The number of hydrogen-bond acceptors (Lipinski definition) is 5. The minimum Gasteiger partial charge on any atom is -0.468 e. The third-order valence-electron chi connectivity index (χ3n) is 3.30. The van der Waals surface area contributed by atoms with Crippen LogP contribution in [0.25, 0.3) is 0 Å². The second kappa shape index (κ2) is 7.78. The average Bonchev–Trinajstić information content (AvgIpc) is 3.10. The summed E-state index contributed by atoms with van der Waals surface area (Å²) in [6.45, 7) is 1.70. The molecule has 0 fully saturated rings. The summed E-state index contributed by atoms with van der Waals surface area (Å²) < 4.78 is 30.9. The van der Waals surface area contributed by atoms with Crippen molar-refractivity contribution < 1.29 is 22.4 Å². The van der Waals surface area contributed by atoms with Crippen LogP contribution in [0.1, 0.15) is 17.9 Å². The highest BCUT2D eigenvalue weighted by molar-refractivity contribution is 7.91. The van der Waals surface area contributed by atoms with Crippen molar-refractivity contribution in [1.82, 2.24) is 10.6 Å². The molecule has 1 aromatic heterocycles. The first-order chi connectivity index (χ1) is 11.5. The van der Waals surface area contributed by atoms with Gasteiger partial charge in [0.2, 0.25) is 0 Å². The quantitative estimate of drug-likeness (QED) is 0.758. The Kier molecular flexibility index (Phi) is 5.75. The van der Waals surface area contributed by atoms with Crippen LogP contribution in [0.15, 0.2) is 58.0 Å². The Morgan fingerprint density at radius 1 is 1.04 bits per heavy atom. The van der Waals surface area contributed by atoms with E-state index in [1.54, 1.807) is 31.2 Å². The van der Waals surface area contributed by atoms with Gasteiger partial charge >= 0.3 is 11.8 Å². The van der Waals surface area contributed by atoms with Gasteiger partial charge in [-0.2, -0.15) is 0 Å². The largest absolute Gasteiger partial charge is 0.468 e. The van der Waals surface area contributed by atoms with Gasteiger partial charge in [-0.3, -0.25) is 9.59 Å². The first-order valence-electron chi connectivity index (χ1n) is 7.35. The smallest absolute Gasteiger partial charge is 0.309 e. The van der Waals surface area contributed by atoms with E-state index in [0.29, 0.717) is 6.54 Å². The van der Waals surface area contributed by atoms with Crippen LogP contribution in [-0.2, 0) is 19.4 Å². The van der Waals surface area contributed by atoms with Crippen LogP contribution in [0.2, 0.25) is 0 Å². The summed E-state index contributed by atoms with van der Waals surface area (Å²) >= 11 is 0. The van der Waals surface area contributed by atoms with Gasteiger partial charge in [-0.05, 0) is 31.2 Å². The molecule has 24 heavy (non-hydrogen) atoms. The molecule has 7 nitrogen and oxygen atoms in total. The van der Waals surface area contributed by atoms with Crippen molar-refractivity contribution >= 4 is 21.7 Å². The molecule has 0 aliphatic carbocycles. The fourth-order valence-corrected chi connectivity index (χ4v) is 3.73. The van der Waals surface area contributed by atoms with Crippen LogP contribution < -0.4 is 10.6 Å². The maximum atomic E-state index is 12.8. The zero-order chi connectivity index (χ0) is 17.6. The van der Waals surface area contributed by atoms with E-state index in [0.717, 1.165) is 0 Å². The molecule has 0 spiro atoms. The van der Waals surface area contributed by atoms with E-state index >= 15 is 0 Å². The van der Waals surface area contributed by atoms with Crippen LogP contribution in [0.5, 0.6) is 0 Å². The zero-order valence-electron chi connectivity index (χ0n) is 13.1. The third kappa shape index (κ3) is 4.02. The van der Waals surface area contributed by atoms with E-state index in [1.807, 2.05) is 0 Å². The Bertz CT molecular complexity index is 785. The molecule has 1 aromatic carbocycles. The van der Waals surface area contributed by atoms with Gasteiger partial charge < -0.3 is 15.1 Å². The van der Waals surface area contributed by atoms with E-state index in [4.69, 9.17) is 4.42 Å². The molecule has 128 valence electrons. The topological polar surface area (TPSA) is 105 Å². The van der Waals surface area contributed by atoms with Crippen molar-refractivity contribution in [3.05, 3.63) is 54.5 Å². The van der Waals surface area contributed by atoms with Crippen molar-refractivity contribution in [2.45, 2.75) is 17.1 Å². The van der Waals surface area contributed by atoms with Crippen LogP contribution in [0.4, 0.5) is 0 Å². The first-order valence-corrected chi connectivity index (χ1v) is 8.89. The predicted molar refractivity (Wildman–Crippen MR) is 86.8 cm³/mol. The molecular formula is C16H18N2O5S. The van der Waals surface area contributed by atoms with Crippen molar-refractivity contribution in [3.63, 3.8) is 0 Å². The molecule has 1 atom stereocenters. The Labute approximate surface area is 140 Å². The summed E-state index contributed by atoms with van der Waals surface area (Å²) in [5, 5.41) is 3.56. The van der Waals surface area contributed by atoms with E-state index in [1.165, 1.54) is 24.5 Å². The SMILES string of the molecule is CCNC(=O)C(=O)NC[C@@H](c1ccco1)S(=O)(=O)c1ccccc1. The van der Waals surface area contributed by atoms with Crippen LogP contribution in [0.3, 0.4) is 0 Å². The molecule has 0 saturated carbocycles. The molecule has 2 aromatic rings. The van der Waals surface area contributed by atoms with Crippen LogP contribution in [-0.4, -0.2) is 33.3 Å². The molecular weight excluding hydrogens is 332 g/mol. The monoisotopic (exact) mass is 350 g/mol. The number of benzene rings is 1. The van der Waals surface area contributed by atoms with Crippen molar-refractivity contribution in [3.8, 4) is 0 Å². The number of carbonyl (C=O) groups excluding carboxylic acids is 2. The zero-order valence-corrected chi connectivity index (χ0v) is 13.9. The molecule has 0 aliphatic heterocycles. The van der Waals surface area contributed by atoms with Crippen LogP contribution >= 0.6 is 0 Å². The number of sulfone groups is 1. The molecule has 8 heteroatoms. The number of hydrogen-bond donors (Lipinski definition) is 2. The Balaban J connectivity index is 2.24. The molecule has 1 heterocycles. The lowest BCUT2D eigenvalue weighted by Gasteiger charge is -2.16. The van der Waals surface area contributed by atoms with Gasteiger partial charge in [0.1, 0.15) is 11.0 Å². The highest BCUT2D eigenvalue weighted by Gasteiger charge is 2.32. The number of furan rings is 1. The number of rotatable bonds is 6. The summed E-state index contributed by atoms with van der Waals surface area (Å²) in [6, 6.07) is 10.9. The lowest BCUT2D eigenvalue weighted by atomic mass is 10.3. The lowest BCUT2D eigenvalue weighted by Crippen LogP contribution is -2.42. The molecule has 2 N–H and O–H groups in total. The standard InChI is InChI=1S/C16H18N2O5S/c1-2-17-15(19)16(20)18-11-14(13-9-6-10-23-13)24(21,22)12-7-4-3-5-8-12/h3-10,14H,2,11H2,1H3,(H,17,19)(H,18,20)/t14-/m0/s1. The predicted octanol–water partition coefficient (Wildman–Crippen LogP) is 1.05. The number of likely N-dealkylation sites (N-methyl/N-ethyl adjacent to an activating group) is 1. The Morgan fingerprint density at radius 3 is 2.29 bits per heavy atom. The molecule has 2 rings (SSSR count). The summed E-state index contributed by atoms with van der Waals surface area (Å²) in [4.78, 5) is 23.3. The number of carbonyl (C=O) groups is 2. The number of amides is 2. The molecule has 0 aliphatic rings. The highest BCUT2D eigenvalue weighted by atomic mass is 32.2. The van der Waals surface area contributed by atoms with Crippen LogP contribution in [0, 0.1) is 0 Å². The molecule has 0 saturated heterocycles. The maximum absolute atomic E-state index is 12.8. The van der Waals surface area contributed by atoms with E-state index in [-0.39, 0.29) is 17.2 Å². The summed E-state index contributed by atoms with van der Waals surface area (Å²) in [5.41, 5.74) is 0. The fourth-order valence-electron chi connectivity index (χ4n) is 2.12. The number of nitrogens with one attached hydrogen (secondary N) is 2. The van der Waals surface area contributed by atoms with E-state index in [2.05, 4.69) is 10.6 Å². The van der Waals surface area contributed by atoms with Gasteiger partial charge in [0.25, 0.3) is 0 Å². The van der Waals surface area contributed by atoms with Gasteiger partial charge in [0.15, 0.2) is 9.84 Å². The summed E-state index contributed by atoms with van der Waals surface area (Å²) in [6.07, 6.45) is 1.36. The first kappa shape index (κ1) is 17.7. The second-order valence-electron chi connectivity index (χ2n) is 4.93. The lowest BCUT2D eigenvalue weighted by molar-refractivity contribution is -0.139. The molecule has 0 bridgehead atoms. The van der Waals surface area contributed by atoms with Crippen molar-refractivity contribution in [2.75, 3.05) is 13.1 Å². The maximum Gasteiger partial charge on any atom is 0.309 e. The minimum absolute atomic E-state index is 0.110. The Hall–Kier alpha value is -2.61. The molecule has 2 amide bonds. The highest BCUT2D eigenvalue weighted by Crippen LogP contribution is 2.28.